The molecule has 2 heterocycles. The van der Waals surface area contributed by atoms with Crippen LogP contribution in [-0.4, -0.2) is 60.3 Å². The Kier molecular flexibility index (Phi) is 11.6. The number of hydrogen-bond acceptors (Lipinski definition) is 4. The molecule has 5 nitrogen and oxygen atoms in total. The molecule has 1 atom stereocenters. The van der Waals surface area contributed by atoms with Crippen molar-refractivity contribution in [3.8, 4) is 0 Å². The molecule has 0 aromatic rings. The van der Waals surface area contributed by atoms with Gasteiger partial charge in [-0.05, 0) is 39.3 Å². The van der Waals surface area contributed by atoms with E-state index >= 15 is 0 Å². The van der Waals surface area contributed by atoms with Gasteiger partial charge in [-0.1, -0.05) is 26.2 Å². The fourth-order valence-corrected chi connectivity index (χ4v) is 3.05. The smallest absolute Gasteiger partial charge is 0.410 e. The maximum atomic E-state index is 12.1. The fraction of sp³-hybridized carbons (Fsp3) is 0.609. The molecular weight excluding hydrogens is 352 g/mol. The van der Waals surface area contributed by atoms with E-state index in [1.807, 2.05) is 33.8 Å². The molecule has 0 radical (unpaired) electrons. The summed E-state index contributed by atoms with van der Waals surface area (Å²) in [4.78, 5) is 16.2. The van der Waals surface area contributed by atoms with Gasteiger partial charge in [0.05, 0.1) is 12.3 Å². The number of carbonyl (C=O) groups is 1. The number of carbonyl (C=O) groups excluding carboxylic acids is 1. The van der Waals surface area contributed by atoms with E-state index in [0.29, 0.717) is 13.1 Å². The zero-order chi connectivity index (χ0) is 20.4. The monoisotopic (exact) mass is 392 g/mol. The summed E-state index contributed by atoms with van der Waals surface area (Å²) >= 11 is 0. The first-order valence-corrected chi connectivity index (χ1v) is 9.63. The Morgan fingerprint density at radius 1 is 1.32 bits per heavy atom. The van der Waals surface area contributed by atoms with Crippen LogP contribution < -0.4 is 0 Å². The molecule has 160 valence electrons. The largest absolute Gasteiger partial charge is 0.493 e. The maximum Gasteiger partial charge on any atom is 0.410 e. The Morgan fingerprint density at radius 2 is 2.00 bits per heavy atom. The predicted octanol–water partition coefficient (Wildman–Crippen LogP) is 5.17. The van der Waals surface area contributed by atoms with Crippen LogP contribution in [0.5, 0.6) is 0 Å². The molecule has 2 aliphatic heterocycles. The second kappa shape index (κ2) is 12.4. The van der Waals surface area contributed by atoms with E-state index in [2.05, 4.69) is 36.8 Å². The van der Waals surface area contributed by atoms with Crippen molar-refractivity contribution in [2.24, 2.45) is 0 Å². The van der Waals surface area contributed by atoms with Crippen molar-refractivity contribution in [1.82, 2.24) is 9.80 Å². The number of nitrogens with zero attached hydrogens (tertiary/aromatic N) is 2. The molecule has 0 bridgehead atoms. The van der Waals surface area contributed by atoms with Crippen molar-refractivity contribution in [1.29, 1.82) is 0 Å². The van der Waals surface area contributed by atoms with E-state index in [0.717, 1.165) is 43.8 Å². The third-order valence-electron chi connectivity index (χ3n) is 4.20. The first-order chi connectivity index (χ1) is 12.8. The van der Waals surface area contributed by atoms with E-state index in [1.54, 1.807) is 4.90 Å². The molecule has 28 heavy (non-hydrogen) atoms. The molecular formula is C23H40N2O3. The summed E-state index contributed by atoms with van der Waals surface area (Å²) in [5, 5.41) is 0. The lowest BCUT2D eigenvalue weighted by Gasteiger charge is -2.28. The number of ether oxygens (including phenoxy) is 2. The summed E-state index contributed by atoms with van der Waals surface area (Å²) < 4.78 is 11.5. The fourth-order valence-electron chi connectivity index (χ4n) is 3.05. The lowest BCUT2D eigenvalue weighted by atomic mass is 10.2. The molecule has 1 fully saturated rings. The van der Waals surface area contributed by atoms with Gasteiger partial charge in [0, 0.05) is 39.0 Å². The van der Waals surface area contributed by atoms with E-state index < -0.39 is 5.60 Å². The highest BCUT2D eigenvalue weighted by atomic mass is 16.6. The van der Waals surface area contributed by atoms with Crippen molar-refractivity contribution < 1.29 is 14.3 Å². The molecule has 0 spiro atoms. The minimum absolute atomic E-state index is 0. The van der Waals surface area contributed by atoms with Crippen LogP contribution in [-0.2, 0) is 9.47 Å². The van der Waals surface area contributed by atoms with Crippen molar-refractivity contribution in [3.05, 3.63) is 49.3 Å². The quantitative estimate of drug-likeness (QED) is 0.478. The van der Waals surface area contributed by atoms with E-state index in [1.165, 1.54) is 0 Å². The Bertz CT molecular complexity index is 561. The van der Waals surface area contributed by atoms with Crippen LogP contribution in [0.25, 0.3) is 0 Å². The molecule has 1 saturated heterocycles. The molecule has 0 aromatic carbocycles. The van der Waals surface area contributed by atoms with Gasteiger partial charge >= 0.3 is 6.09 Å². The lowest BCUT2D eigenvalue weighted by Crippen LogP contribution is -2.36. The SMILES string of the molecule is C.C=C.C=C(/C=C\C)CN1CC=C(OC2CCN(C(=O)OC(C)(C)C)C2)CC1. The number of rotatable bonds is 5. The molecule has 0 aliphatic carbocycles. The Morgan fingerprint density at radius 3 is 2.54 bits per heavy atom. The molecule has 5 heteroatoms. The number of amides is 1. The highest BCUT2D eigenvalue weighted by molar-refractivity contribution is 5.68. The second-order valence-corrected chi connectivity index (χ2v) is 7.77. The Hall–Kier alpha value is -2.01. The van der Waals surface area contributed by atoms with Crippen molar-refractivity contribution >= 4 is 6.09 Å². The summed E-state index contributed by atoms with van der Waals surface area (Å²) in [7, 11) is 0. The topological polar surface area (TPSA) is 42.0 Å². The highest BCUT2D eigenvalue weighted by Crippen LogP contribution is 2.22. The van der Waals surface area contributed by atoms with Crippen LogP contribution in [0.3, 0.4) is 0 Å². The Balaban J connectivity index is 0.00000235. The van der Waals surface area contributed by atoms with E-state index in [-0.39, 0.29) is 19.6 Å². The zero-order valence-electron chi connectivity index (χ0n) is 17.5. The summed E-state index contributed by atoms with van der Waals surface area (Å²) in [6.07, 6.45) is 7.83. The Labute approximate surface area is 172 Å². The van der Waals surface area contributed by atoms with Crippen molar-refractivity contribution in [2.75, 3.05) is 32.7 Å². The van der Waals surface area contributed by atoms with Crippen LogP contribution in [0.2, 0.25) is 0 Å². The molecule has 0 aromatic heterocycles. The molecule has 1 unspecified atom stereocenters. The second-order valence-electron chi connectivity index (χ2n) is 7.77. The van der Waals surface area contributed by atoms with Gasteiger partial charge in [0.2, 0.25) is 0 Å². The molecule has 2 aliphatic rings. The first-order valence-electron chi connectivity index (χ1n) is 9.63. The zero-order valence-corrected chi connectivity index (χ0v) is 17.5. The van der Waals surface area contributed by atoms with Gasteiger partial charge in [-0.2, -0.15) is 0 Å². The van der Waals surface area contributed by atoms with Crippen molar-refractivity contribution in [2.45, 2.75) is 59.7 Å². The highest BCUT2D eigenvalue weighted by Gasteiger charge is 2.31. The van der Waals surface area contributed by atoms with Crippen LogP contribution in [0.4, 0.5) is 4.79 Å². The van der Waals surface area contributed by atoms with Gasteiger partial charge in [-0.15, -0.1) is 13.2 Å². The van der Waals surface area contributed by atoms with Gasteiger partial charge < -0.3 is 14.4 Å². The van der Waals surface area contributed by atoms with Crippen LogP contribution in [0, 0.1) is 0 Å². The first kappa shape index (κ1) is 26.0. The average molecular weight is 393 g/mol. The molecule has 2 rings (SSSR count). The van der Waals surface area contributed by atoms with Gasteiger partial charge in [0.25, 0.3) is 0 Å². The summed E-state index contributed by atoms with van der Waals surface area (Å²) in [6.45, 7) is 21.8. The third-order valence-corrected chi connectivity index (χ3v) is 4.20. The molecule has 1 amide bonds. The van der Waals surface area contributed by atoms with Gasteiger partial charge in [-0.25, -0.2) is 4.79 Å². The number of allylic oxidation sites excluding steroid dienone is 1. The normalized spacial score (nSPS) is 19.9. The van der Waals surface area contributed by atoms with E-state index in [9.17, 15) is 4.79 Å². The number of hydrogen-bond donors (Lipinski definition) is 0. The molecule has 0 saturated carbocycles. The minimum atomic E-state index is -0.456. The number of likely N-dealkylation sites (tertiary alicyclic amines) is 1. The van der Waals surface area contributed by atoms with E-state index in [4.69, 9.17) is 9.47 Å². The minimum Gasteiger partial charge on any atom is -0.493 e. The van der Waals surface area contributed by atoms with Crippen LogP contribution in [0.15, 0.2) is 49.3 Å². The summed E-state index contributed by atoms with van der Waals surface area (Å²) in [5.41, 5.74) is 0.673. The average Bonchev–Trinajstić information content (AvgIpc) is 3.06. The maximum absolute atomic E-state index is 12.1. The standard InChI is InChI=1S/C20H32N2O3.C2H4.CH4/c1-6-7-16(2)14-21-11-8-17(9-12-21)24-18-10-13-22(15-18)19(23)25-20(3,4)5;1-2;/h6-8,18H,2,9-15H2,1,3-5H3;1-2H2;1H4/b7-6-;;. The third kappa shape index (κ3) is 9.27. The lowest BCUT2D eigenvalue weighted by molar-refractivity contribution is 0.0252. The van der Waals surface area contributed by atoms with Crippen molar-refractivity contribution in [3.63, 3.8) is 0 Å². The summed E-state index contributed by atoms with van der Waals surface area (Å²) in [5.74, 6) is 1.05. The summed E-state index contributed by atoms with van der Waals surface area (Å²) in [6, 6.07) is 0. The van der Waals surface area contributed by atoms with Gasteiger partial charge in [-0.3, -0.25) is 4.90 Å². The van der Waals surface area contributed by atoms with Crippen LogP contribution >= 0.6 is 0 Å². The van der Waals surface area contributed by atoms with Gasteiger partial charge in [0.15, 0.2) is 0 Å². The van der Waals surface area contributed by atoms with Gasteiger partial charge in [0.1, 0.15) is 11.7 Å². The van der Waals surface area contributed by atoms with Crippen LogP contribution in [0.1, 0.15) is 48.0 Å². The predicted molar refractivity (Wildman–Crippen MR) is 118 cm³/mol. The molecule has 0 N–H and O–H groups in total.